The van der Waals surface area contributed by atoms with Gasteiger partial charge in [0, 0.05) is 117 Å². The molecule has 0 saturated heterocycles. The van der Waals surface area contributed by atoms with Crippen molar-refractivity contribution in [1.82, 2.24) is 34.1 Å². The lowest BCUT2D eigenvalue weighted by molar-refractivity contribution is -0.660. The highest BCUT2D eigenvalue weighted by Crippen LogP contribution is 2.45. The molecule has 0 aliphatic heterocycles. The van der Waals surface area contributed by atoms with Gasteiger partial charge >= 0.3 is 0 Å². The molecule has 17 nitrogen and oxygen atoms in total. The van der Waals surface area contributed by atoms with E-state index in [0.29, 0.717) is 17.3 Å². The smallest absolute Gasteiger partial charge is 0.267 e. The SMILES string of the molecule is Cc1ccc2c(oc3nc(C)n(C)c32)c1-c1cccc[n+]1C.Cc1ccc2c(sc3c2nc(C)n3C)c1-c1cccc[n+]1C.Cc1nc2c(o1)sc1c(-c3cccc[n+]3C)c(C)ccc12.Cc1nc2oc3c(-c4cccc[n+]4C)c(C)ccc3c2o1.Cc1nc2sc3c(-c4cccc[n+]4C)c(C)ccc3c2o1. The summed E-state index contributed by atoms with van der Waals surface area (Å²) in [5.41, 5.74) is 26.0. The van der Waals surface area contributed by atoms with Gasteiger partial charge in [-0.2, -0.15) is 9.97 Å². The Kier molecular flexibility index (Phi) is 17.9. The summed E-state index contributed by atoms with van der Waals surface area (Å²) in [6.45, 7) is 20.4. The zero-order valence-electron chi connectivity index (χ0n) is 63.0. The van der Waals surface area contributed by atoms with Crippen molar-refractivity contribution in [2.24, 2.45) is 49.3 Å². The number of hydrogen-bond acceptors (Lipinski definition) is 13. The number of oxazole rings is 3. The maximum Gasteiger partial charge on any atom is 0.267 e. The van der Waals surface area contributed by atoms with Crippen molar-refractivity contribution < 1.29 is 44.9 Å². The number of imidazole rings is 2. The number of aryl methyl sites for hydroxylation is 17. The van der Waals surface area contributed by atoms with E-state index >= 15 is 0 Å². The fourth-order valence-corrected chi connectivity index (χ4v) is 18.5. The third kappa shape index (κ3) is 12.2. The molecule has 107 heavy (non-hydrogen) atoms. The number of aromatic nitrogens is 12. The van der Waals surface area contributed by atoms with Crippen LogP contribution in [0.1, 0.15) is 57.1 Å². The number of rotatable bonds is 5. The Labute approximate surface area is 629 Å². The second kappa shape index (κ2) is 27.6. The van der Waals surface area contributed by atoms with Crippen LogP contribution in [0.3, 0.4) is 0 Å². The molecule has 532 valence electrons. The molecule has 0 aliphatic carbocycles. The van der Waals surface area contributed by atoms with Gasteiger partial charge in [-0.3, -0.25) is 0 Å². The fourth-order valence-electron chi connectivity index (χ4n) is 14.6. The van der Waals surface area contributed by atoms with Gasteiger partial charge in [-0.05, 0) is 125 Å². The number of hydrogen-bond donors (Lipinski definition) is 0. The lowest BCUT2D eigenvalue weighted by Gasteiger charge is -2.05. The molecule has 5 aromatic carbocycles. The van der Waals surface area contributed by atoms with Crippen molar-refractivity contribution in [3.05, 3.63) is 240 Å². The van der Waals surface area contributed by atoms with Crippen LogP contribution >= 0.6 is 34.0 Å². The third-order valence-electron chi connectivity index (χ3n) is 20.3. The molecule has 15 aromatic heterocycles. The summed E-state index contributed by atoms with van der Waals surface area (Å²) in [4.78, 5) is 25.7. The van der Waals surface area contributed by atoms with E-state index in [4.69, 9.17) is 27.1 Å². The van der Waals surface area contributed by atoms with Crippen molar-refractivity contribution in [1.29, 1.82) is 0 Å². The molecule has 0 amide bonds. The molecule has 0 fully saturated rings. The lowest BCUT2D eigenvalue weighted by atomic mass is 10.0. The molecule has 20 rings (SSSR count). The van der Waals surface area contributed by atoms with Gasteiger partial charge in [-0.15, -0.1) is 22.7 Å². The first-order valence-corrected chi connectivity index (χ1v) is 37.9. The van der Waals surface area contributed by atoms with Crippen LogP contribution in [0.4, 0.5) is 0 Å². The van der Waals surface area contributed by atoms with Crippen LogP contribution < -0.4 is 22.8 Å². The summed E-state index contributed by atoms with van der Waals surface area (Å²) in [6, 6.07) is 52.7. The van der Waals surface area contributed by atoms with Crippen LogP contribution in [-0.4, -0.2) is 34.1 Å². The Morgan fingerprint density at radius 3 is 1.21 bits per heavy atom. The summed E-state index contributed by atoms with van der Waals surface area (Å²) < 4.78 is 48.1. The Balaban J connectivity index is 0.000000102. The highest BCUT2D eigenvalue weighted by Gasteiger charge is 2.28. The van der Waals surface area contributed by atoms with Crippen molar-refractivity contribution in [2.75, 3.05) is 0 Å². The third-order valence-corrected chi connectivity index (χ3v) is 23.8. The van der Waals surface area contributed by atoms with Crippen molar-refractivity contribution in [3.8, 4) is 56.3 Å². The molecule has 0 radical (unpaired) electrons. The largest absolute Gasteiger partial charge is 0.439 e. The van der Waals surface area contributed by atoms with Gasteiger partial charge in [0.1, 0.15) is 68.3 Å². The van der Waals surface area contributed by atoms with Crippen LogP contribution in [0.15, 0.2) is 205 Å². The lowest BCUT2D eigenvalue weighted by Crippen LogP contribution is -2.30. The number of pyridine rings is 5. The monoisotopic (exact) mass is 1470 g/mol. The van der Waals surface area contributed by atoms with E-state index in [-0.39, 0.29) is 0 Å². The van der Waals surface area contributed by atoms with Gasteiger partial charge in [0.25, 0.3) is 5.71 Å². The normalized spacial score (nSPS) is 11.6. The molecule has 0 spiro atoms. The maximum atomic E-state index is 6.13. The van der Waals surface area contributed by atoms with E-state index < -0.39 is 0 Å². The standard InChI is InChI=1S/C18H18N3O.C18H18N3S.C17H15N2O2.2C17H15N2OS/c1-11-8-9-13-16-18(19-12(2)21(16)4)22-17(13)15(11)14-7-5-6-10-20(14)3;1-11-8-9-13-16-18(21(4)12(2)19-16)22-17(13)15(11)14-7-5-6-10-20(14)3;1-10-7-8-12-15(21-17-16(12)20-11(2)18-17)14(10)13-6-4-5-9-19(13)3;1-10-7-8-12-15-17(18-11(2)20-15)21-16(12)14(10)13-6-4-5-9-19(13)3;1-10-7-8-12-15-17(20-11(2)18-15)21-16(12)14(10)13-6-4-5-9-19(13)3/h2*5-10H,1-4H3;3*4-9H,1-3H3/q5*+1. The maximum absolute atomic E-state index is 6.13. The zero-order valence-corrected chi connectivity index (χ0v) is 65.4. The molecule has 15 heterocycles. The van der Waals surface area contributed by atoms with Crippen molar-refractivity contribution in [3.63, 3.8) is 0 Å². The average molecular weight is 1470 g/mol. The molecule has 0 N–H and O–H groups in total. The zero-order chi connectivity index (χ0) is 74.5. The highest BCUT2D eigenvalue weighted by atomic mass is 32.1. The fraction of sp³-hybridized carbons (Fsp3) is 0.195. The summed E-state index contributed by atoms with van der Waals surface area (Å²) >= 11 is 5.23. The van der Waals surface area contributed by atoms with E-state index in [1.165, 1.54) is 85.7 Å². The Bertz CT molecular complexity index is 6460. The van der Waals surface area contributed by atoms with Gasteiger partial charge in [-0.1, -0.05) is 53.8 Å². The minimum absolute atomic E-state index is 0.563. The predicted octanol–water partition coefficient (Wildman–Crippen LogP) is 19.3. The minimum atomic E-state index is 0.563. The predicted molar refractivity (Wildman–Crippen MR) is 430 cm³/mol. The van der Waals surface area contributed by atoms with Crippen LogP contribution in [0.5, 0.6) is 0 Å². The second-order valence-electron chi connectivity index (χ2n) is 27.5. The first-order valence-electron chi connectivity index (χ1n) is 35.4. The van der Waals surface area contributed by atoms with E-state index in [1.807, 2.05) is 95.7 Å². The topological polar surface area (TPSA) is 159 Å². The van der Waals surface area contributed by atoms with Crippen LogP contribution in [0, 0.1) is 69.2 Å². The molecular formula is C87H81N12O5S3+5. The number of fused-ring (bicyclic) bond motifs is 15. The van der Waals surface area contributed by atoms with E-state index in [1.54, 1.807) is 22.7 Å². The van der Waals surface area contributed by atoms with Crippen molar-refractivity contribution >= 4 is 140 Å². The average Bonchev–Trinajstić information content (AvgIpc) is 1.61. The van der Waals surface area contributed by atoms with Crippen LogP contribution in [0.25, 0.3) is 162 Å². The molecule has 0 aliphatic rings. The van der Waals surface area contributed by atoms with Gasteiger partial charge in [0.05, 0.1) is 47.3 Å². The van der Waals surface area contributed by atoms with Gasteiger partial charge in [-0.25, -0.2) is 37.8 Å². The van der Waals surface area contributed by atoms with Crippen molar-refractivity contribution in [2.45, 2.75) is 69.2 Å². The number of thiophene rings is 3. The van der Waals surface area contributed by atoms with Crippen LogP contribution in [-0.2, 0) is 49.3 Å². The van der Waals surface area contributed by atoms with Gasteiger partial charge < -0.3 is 31.2 Å². The first kappa shape index (κ1) is 69.5. The summed E-state index contributed by atoms with van der Waals surface area (Å²) in [6.07, 6.45) is 10.3. The molecular weight excluding hydrogens is 1390 g/mol. The number of nitrogens with zero attached hydrogens (tertiary/aromatic N) is 12. The summed E-state index contributed by atoms with van der Waals surface area (Å²) in [5.74, 6) is 4.10. The Morgan fingerprint density at radius 2 is 0.701 bits per heavy atom. The van der Waals surface area contributed by atoms with Gasteiger partial charge in [0.2, 0.25) is 44.7 Å². The van der Waals surface area contributed by atoms with E-state index in [9.17, 15) is 0 Å². The number of furan rings is 2. The minimum Gasteiger partial charge on any atom is -0.439 e. The van der Waals surface area contributed by atoms with E-state index in [2.05, 4.69) is 269 Å². The molecule has 0 saturated carbocycles. The quantitative estimate of drug-likeness (QED) is 0.152. The summed E-state index contributed by atoms with van der Waals surface area (Å²) in [7, 11) is 14.5. The van der Waals surface area contributed by atoms with E-state index in [0.717, 1.165) is 116 Å². The summed E-state index contributed by atoms with van der Waals surface area (Å²) in [5, 5.41) is 5.67. The molecule has 0 unspecified atom stereocenters. The second-order valence-corrected chi connectivity index (χ2v) is 30.5. The van der Waals surface area contributed by atoms with Gasteiger partial charge in [0.15, 0.2) is 70.2 Å². The van der Waals surface area contributed by atoms with Crippen LogP contribution in [0.2, 0.25) is 0 Å². The highest BCUT2D eigenvalue weighted by molar-refractivity contribution is 7.26. The first-order chi connectivity index (χ1) is 51.6. The molecule has 0 bridgehead atoms. The molecule has 20 aromatic rings. The Morgan fingerprint density at radius 1 is 0.308 bits per heavy atom. The number of benzene rings is 5. The molecule has 0 atom stereocenters. The Hall–Kier alpha value is -11.8. The molecule has 20 heteroatoms.